The zero-order valence-electron chi connectivity index (χ0n) is 14.0. The summed E-state index contributed by atoms with van der Waals surface area (Å²) in [5.41, 5.74) is 2.47. The monoisotopic (exact) mass is 349 g/mol. The van der Waals surface area contributed by atoms with E-state index in [9.17, 15) is 9.90 Å². The predicted molar refractivity (Wildman–Crippen MR) is 96.6 cm³/mol. The van der Waals surface area contributed by atoms with Crippen LogP contribution in [0.2, 0.25) is 0 Å². The van der Waals surface area contributed by atoms with Crippen LogP contribution in [0.25, 0.3) is 22.0 Å². The Hall–Kier alpha value is -3.19. The van der Waals surface area contributed by atoms with Gasteiger partial charge in [-0.3, -0.25) is 9.69 Å². The molecule has 3 N–H and O–H groups in total. The van der Waals surface area contributed by atoms with Gasteiger partial charge in [0, 0.05) is 12.1 Å². The number of fused-ring (bicyclic) bond motifs is 2. The molecular formula is C19H17N4O3+. The molecule has 0 amide bonds. The fourth-order valence-electron chi connectivity index (χ4n) is 3.63. The summed E-state index contributed by atoms with van der Waals surface area (Å²) in [6, 6.07) is 11.4. The minimum atomic E-state index is -0.222. The number of aromatic amines is 1. The van der Waals surface area contributed by atoms with E-state index in [1.807, 2.05) is 30.3 Å². The highest BCUT2D eigenvalue weighted by atomic mass is 16.5. The number of aromatic nitrogens is 2. The summed E-state index contributed by atoms with van der Waals surface area (Å²) >= 11 is 0. The van der Waals surface area contributed by atoms with E-state index in [1.165, 1.54) is 0 Å². The van der Waals surface area contributed by atoms with E-state index < -0.39 is 0 Å². The molecule has 5 rings (SSSR count). The Morgan fingerprint density at radius 3 is 3.08 bits per heavy atom. The SMILES string of the molecule is O=c1[nH]nc2c3c(cccc13)Oc1ccc(CN3CC[NH+]=C(O)C3)cc1-2. The van der Waals surface area contributed by atoms with E-state index in [0.29, 0.717) is 30.1 Å². The predicted octanol–water partition coefficient (Wildman–Crippen LogP) is 0.548. The molecule has 130 valence electrons. The maximum Gasteiger partial charge on any atom is 0.346 e. The Kier molecular flexibility index (Phi) is 3.29. The molecule has 0 unspecified atom stereocenters. The van der Waals surface area contributed by atoms with Crippen LogP contribution in [-0.2, 0) is 6.54 Å². The first-order chi connectivity index (χ1) is 12.7. The summed E-state index contributed by atoms with van der Waals surface area (Å²) in [5.74, 6) is 1.68. The number of hydrogen-bond acceptors (Lipinski definition) is 4. The van der Waals surface area contributed by atoms with E-state index >= 15 is 0 Å². The number of nitrogens with one attached hydrogen (secondary N) is 2. The van der Waals surface area contributed by atoms with Gasteiger partial charge in [0.25, 0.3) is 5.56 Å². The first-order valence-corrected chi connectivity index (χ1v) is 8.52. The number of nitrogens with zero attached hydrogens (tertiary/aromatic N) is 2. The van der Waals surface area contributed by atoms with Crippen LogP contribution in [0.5, 0.6) is 11.5 Å². The average Bonchev–Trinajstić information content (AvgIpc) is 2.64. The number of benzene rings is 2. The van der Waals surface area contributed by atoms with E-state index in [0.717, 1.165) is 41.0 Å². The van der Waals surface area contributed by atoms with Gasteiger partial charge >= 0.3 is 5.90 Å². The Labute approximate surface area is 148 Å². The molecule has 0 saturated carbocycles. The molecule has 1 aromatic heterocycles. The second-order valence-electron chi connectivity index (χ2n) is 6.60. The standard InChI is InChI=1S/C19H16N4O3/c24-16-10-23(7-6-20-16)9-11-4-5-14-13(8-11)18-17-12(19(25)22-21-18)2-1-3-15(17)26-14/h1-5,8H,6-7,9-10H2,(H,20,24)(H,22,25)/p+1. The highest BCUT2D eigenvalue weighted by Crippen LogP contribution is 2.44. The van der Waals surface area contributed by atoms with Crippen molar-refractivity contribution >= 4 is 16.7 Å². The Bertz CT molecular complexity index is 1120. The average molecular weight is 349 g/mol. The van der Waals surface area contributed by atoms with Gasteiger partial charge < -0.3 is 9.84 Å². The third-order valence-electron chi connectivity index (χ3n) is 4.83. The quantitative estimate of drug-likeness (QED) is 0.491. The third-order valence-corrected chi connectivity index (χ3v) is 4.83. The lowest BCUT2D eigenvalue weighted by Gasteiger charge is -2.23. The molecule has 0 atom stereocenters. The normalized spacial score (nSPS) is 16.1. The molecule has 7 nitrogen and oxygen atoms in total. The van der Waals surface area contributed by atoms with Crippen LogP contribution in [0.1, 0.15) is 5.56 Å². The van der Waals surface area contributed by atoms with Gasteiger partial charge in [-0.15, -0.1) is 0 Å². The van der Waals surface area contributed by atoms with Crippen LogP contribution in [-0.4, -0.2) is 45.7 Å². The van der Waals surface area contributed by atoms with Crippen molar-refractivity contribution in [1.82, 2.24) is 15.1 Å². The Balaban J connectivity index is 1.59. The van der Waals surface area contributed by atoms with E-state index in [-0.39, 0.29) is 5.56 Å². The molecular weight excluding hydrogens is 332 g/mol. The second kappa shape index (κ2) is 5.67. The fourth-order valence-corrected chi connectivity index (χ4v) is 3.63. The highest BCUT2D eigenvalue weighted by molar-refractivity contribution is 6.01. The maximum atomic E-state index is 12.1. The Morgan fingerprint density at radius 1 is 1.27 bits per heavy atom. The van der Waals surface area contributed by atoms with Gasteiger partial charge in [-0.25, -0.2) is 10.1 Å². The van der Waals surface area contributed by atoms with Crippen molar-refractivity contribution in [3.05, 3.63) is 52.3 Å². The zero-order valence-corrected chi connectivity index (χ0v) is 14.0. The van der Waals surface area contributed by atoms with E-state index in [2.05, 4.69) is 20.1 Å². The summed E-state index contributed by atoms with van der Waals surface area (Å²) in [7, 11) is 0. The first-order valence-electron chi connectivity index (χ1n) is 8.52. The molecule has 0 radical (unpaired) electrons. The molecule has 7 heteroatoms. The molecule has 2 aromatic carbocycles. The molecule has 26 heavy (non-hydrogen) atoms. The van der Waals surface area contributed by atoms with Gasteiger partial charge in [-0.05, 0) is 29.8 Å². The summed E-state index contributed by atoms with van der Waals surface area (Å²) < 4.78 is 6.01. The minimum absolute atomic E-state index is 0.222. The maximum absolute atomic E-state index is 12.1. The summed E-state index contributed by atoms with van der Waals surface area (Å²) in [5, 5.41) is 17.9. The van der Waals surface area contributed by atoms with Gasteiger partial charge in [-0.1, -0.05) is 12.1 Å². The lowest BCUT2D eigenvalue weighted by Crippen LogP contribution is -2.79. The van der Waals surface area contributed by atoms with Crippen molar-refractivity contribution in [3.63, 3.8) is 0 Å². The number of hydrogen-bond donors (Lipinski definition) is 3. The van der Waals surface area contributed by atoms with Gasteiger partial charge in [0.1, 0.15) is 23.7 Å². The van der Waals surface area contributed by atoms with Crippen LogP contribution in [0, 0.1) is 0 Å². The van der Waals surface area contributed by atoms with Crippen molar-refractivity contribution < 1.29 is 14.8 Å². The van der Waals surface area contributed by atoms with Crippen LogP contribution < -0.4 is 15.3 Å². The van der Waals surface area contributed by atoms with Gasteiger partial charge in [0.05, 0.1) is 17.3 Å². The van der Waals surface area contributed by atoms with E-state index in [1.54, 1.807) is 6.07 Å². The molecule has 0 fully saturated rings. The van der Waals surface area contributed by atoms with Crippen LogP contribution in [0.3, 0.4) is 0 Å². The topological polar surface area (TPSA) is 92.4 Å². The summed E-state index contributed by atoms with van der Waals surface area (Å²) in [6.45, 7) is 2.82. The van der Waals surface area contributed by atoms with Crippen LogP contribution in [0.4, 0.5) is 0 Å². The smallest absolute Gasteiger partial charge is 0.346 e. The lowest BCUT2D eigenvalue weighted by molar-refractivity contribution is -0.475. The number of ether oxygens (including phenoxy) is 1. The summed E-state index contributed by atoms with van der Waals surface area (Å²) in [4.78, 5) is 17.2. The third kappa shape index (κ3) is 2.36. The van der Waals surface area contributed by atoms with Gasteiger partial charge in [-0.2, -0.15) is 5.10 Å². The first kappa shape index (κ1) is 15.1. The number of aliphatic hydroxyl groups is 1. The van der Waals surface area contributed by atoms with Crippen molar-refractivity contribution in [2.24, 2.45) is 0 Å². The van der Waals surface area contributed by atoms with Gasteiger partial charge in [0.15, 0.2) is 6.54 Å². The minimum Gasteiger partial charge on any atom is -0.463 e. The number of aliphatic hydroxyl groups excluding tert-OH is 1. The van der Waals surface area contributed by atoms with Crippen molar-refractivity contribution in [2.45, 2.75) is 6.54 Å². The zero-order chi connectivity index (χ0) is 17.7. The molecule has 3 heterocycles. The Morgan fingerprint density at radius 2 is 2.19 bits per heavy atom. The largest absolute Gasteiger partial charge is 0.463 e. The molecule has 0 bridgehead atoms. The van der Waals surface area contributed by atoms with E-state index in [4.69, 9.17) is 4.74 Å². The second-order valence-corrected chi connectivity index (χ2v) is 6.60. The molecule has 0 aliphatic carbocycles. The molecule has 2 aliphatic rings. The molecule has 0 saturated heterocycles. The van der Waals surface area contributed by atoms with Crippen LogP contribution >= 0.6 is 0 Å². The van der Waals surface area contributed by atoms with Crippen molar-refractivity contribution in [1.29, 1.82) is 0 Å². The lowest BCUT2D eigenvalue weighted by atomic mass is 9.99. The molecule has 0 spiro atoms. The van der Waals surface area contributed by atoms with Crippen molar-refractivity contribution in [2.75, 3.05) is 19.6 Å². The van der Waals surface area contributed by atoms with Gasteiger partial charge in [0.2, 0.25) is 0 Å². The molecule has 3 aromatic rings. The number of rotatable bonds is 2. The highest BCUT2D eigenvalue weighted by Gasteiger charge is 2.24. The van der Waals surface area contributed by atoms with Crippen molar-refractivity contribution in [3.8, 4) is 22.8 Å². The number of H-pyrrole nitrogens is 1. The molecule has 2 aliphatic heterocycles. The van der Waals surface area contributed by atoms with Crippen LogP contribution in [0.15, 0.2) is 41.2 Å². The summed E-state index contributed by atoms with van der Waals surface area (Å²) in [6.07, 6.45) is 0. The fraction of sp³-hybridized carbons (Fsp3) is 0.211.